The first-order valence-corrected chi connectivity index (χ1v) is 8.66. The van der Waals surface area contributed by atoms with Gasteiger partial charge in [0, 0.05) is 6.92 Å². The lowest BCUT2D eigenvalue weighted by Crippen LogP contribution is -2.16. The van der Waals surface area contributed by atoms with Crippen molar-refractivity contribution in [3.8, 4) is 17.2 Å². The highest BCUT2D eigenvalue weighted by atomic mass is 16.6. The minimum Gasteiger partial charge on any atom is -0.492 e. The van der Waals surface area contributed by atoms with Crippen molar-refractivity contribution >= 4 is 16.9 Å². The molecule has 1 aromatic carbocycles. The molecule has 6 heteroatoms. The normalized spacial score (nSPS) is 11.3. The molecule has 0 saturated carbocycles. The quantitative estimate of drug-likeness (QED) is 0.303. The molecule has 140 valence electrons. The summed E-state index contributed by atoms with van der Waals surface area (Å²) in [4.78, 5) is 23.6. The van der Waals surface area contributed by atoms with Gasteiger partial charge in [0.15, 0.2) is 5.75 Å². The van der Waals surface area contributed by atoms with Crippen LogP contribution < -0.4 is 19.8 Å². The van der Waals surface area contributed by atoms with Gasteiger partial charge in [0.1, 0.15) is 16.7 Å². The maximum absolute atomic E-state index is 12.2. The Kier molecular flexibility index (Phi) is 6.83. The monoisotopic (exact) mass is 360 g/mol. The molecule has 1 aromatic heterocycles. The van der Waals surface area contributed by atoms with Crippen LogP contribution in [0.5, 0.6) is 17.2 Å². The Morgan fingerprint density at radius 1 is 1.23 bits per heavy atom. The van der Waals surface area contributed by atoms with Gasteiger partial charge in [-0.25, -0.2) is 4.79 Å². The average Bonchev–Trinajstić information content (AvgIpc) is 2.57. The third-order valence-corrected chi connectivity index (χ3v) is 3.35. The van der Waals surface area contributed by atoms with Gasteiger partial charge in [-0.2, -0.15) is 0 Å². The first-order chi connectivity index (χ1) is 12.4. The lowest BCUT2D eigenvalue weighted by Gasteiger charge is -2.17. The van der Waals surface area contributed by atoms with Crippen molar-refractivity contribution in [2.24, 2.45) is 0 Å². The number of esters is 1. The zero-order chi connectivity index (χ0) is 19.1. The van der Waals surface area contributed by atoms with E-state index in [4.69, 9.17) is 18.6 Å². The Balaban J connectivity index is 2.53. The van der Waals surface area contributed by atoms with Gasteiger partial charge in [0.05, 0.1) is 12.7 Å². The van der Waals surface area contributed by atoms with E-state index in [0.29, 0.717) is 23.3 Å². The molecule has 0 fully saturated rings. The number of hydrogen-bond donors (Lipinski definition) is 0. The predicted molar refractivity (Wildman–Crippen MR) is 99.1 cm³/mol. The van der Waals surface area contributed by atoms with Gasteiger partial charge in [0.25, 0.3) is 5.75 Å². The summed E-state index contributed by atoms with van der Waals surface area (Å²) >= 11 is 0. The molecule has 0 aliphatic heterocycles. The molecule has 0 amide bonds. The summed E-state index contributed by atoms with van der Waals surface area (Å²) in [5, 5.41) is 0.469. The van der Waals surface area contributed by atoms with E-state index in [1.54, 1.807) is 18.2 Å². The average molecular weight is 360 g/mol. The second kappa shape index (κ2) is 9.08. The number of allylic oxidation sites excluding steroid dienone is 1. The van der Waals surface area contributed by atoms with Gasteiger partial charge in [-0.1, -0.05) is 25.1 Å². The van der Waals surface area contributed by atoms with Gasteiger partial charge >= 0.3 is 11.6 Å². The summed E-state index contributed by atoms with van der Waals surface area (Å²) in [5.41, 5.74) is -0.463. The topological polar surface area (TPSA) is 75.0 Å². The van der Waals surface area contributed by atoms with Gasteiger partial charge in [0.2, 0.25) is 0 Å². The molecule has 0 spiro atoms. The van der Waals surface area contributed by atoms with Crippen LogP contribution in [0, 0.1) is 0 Å². The van der Waals surface area contributed by atoms with E-state index < -0.39 is 11.6 Å². The van der Waals surface area contributed by atoms with Gasteiger partial charge in [-0.3, -0.25) is 4.79 Å². The zero-order valence-corrected chi connectivity index (χ0v) is 15.5. The van der Waals surface area contributed by atoms with Crippen molar-refractivity contribution in [2.45, 2.75) is 46.6 Å². The standard InChI is InChI=1S/C20H24O6/c1-5-6-7-8-12-23-15-10-9-11-16-17(15)18(24-13(2)3)19(20(22)26-16)25-14(4)21/h6-7,9-11,13H,5,8,12H2,1-4H3. The molecule has 2 rings (SSSR count). The number of carbonyl (C=O) groups is 1. The molecular weight excluding hydrogens is 336 g/mol. The van der Waals surface area contributed by atoms with Gasteiger partial charge < -0.3 is 18.6 Å². The molecule has 0 saturated heterocycles. The molecule has 0 aliphatic carbocycles. The van der Waals surface area contributed by atoms with Crippen molar-refractivity contribution in [2.75, 3.05) is 6.61 Å². The smallest absolute Gasteiger partial charge is 0.383 e. The summed E-state index contributed by atoms with van der Waals surface area (Å²) in [5.74, 6) is -0.240. The SMILES string of the molecule is CCC=CCCOc1cccc2oc(=O)c(OC(C)=O)c(OC(C)C)c12. The molecule has 1 heterocycles. The Labute approximate surface area is 152 Å². The Morgan fingerprint density at radius 2 is 2.00 bits per heavy atom. The predicted octanol–water partition coefficient (Wildman–Crippen LogP) is 4.24. The molecule has 0 bridgehead atoms. The van der Waals surface area contributed by atoms with Crippen molar-refractivity contribution in [3.63, 3.8) is 0 Å². The van der Waals surface area contributed by atoms with E-state index in [2.05, 4.69) is 13.0 Å². The van der Waals surface area contributed by atoms with Crippen LogP contribution in [-0.4, -0.2) is 18.7 Å². The lowest BCUT2D eigenvalue weighted by molar-refractivity contribution is -0.132. The molecule has 0 unspecified atom stereocenters. The highest BCUT2D eigenvalue weighted by molar-refractivity contribution is 5.92. The number of fused-ring (bicyclic) bond motifs is 1. The van der Waals surface area contributed by atoms with Crippen LogP contribution in [0.25, 0.3) is 11.0 Å². The molecule has 26 heavy (non-hydrogen) atoms. The second-order valence-electron chi connectivity index (χ2n) is 5.95. The number of benzene rings is 1. The van der Waals surface area contributed by atoms with Crippen molar-refractivity contribution in [1.29, 1.82) is 0 Å². The molecule has 0 aliphatic rings. The van der Waals surface area contributed by atoms with Crippen LogP contribution in [0.4, 0.5) is 0 Å². The van der Waals surface area contributed by atoms with E-state index in [0.717, 1.165) is 12.8 Å². The fourth-order valence-corrected chi connectivity index (χ4v) is 2.39. The first-order valence-electron chi connectivity index (χ1n) is 8.66. The highest BCUT2D eigenvalue weighted by Gasteiger charge is 2.23. The Morgan fingerprint density at radius 3 is 2.65 bits per heavy atom. The van der Waals surface area contributed by atoms with Crippen molar-refractivity contribution < 1.29 is 23.4 Å². The maximum Gasteiger partial charge on any atom is 0.383 e. The minimum atomic E-state index is -0.772. The molecule has 0 radical (unpaired) electrons. The van der Waals surface area contributed by atoms with Crippen molar-refractivity contribution in [3.05, 3.63) is 40.8 Å². The Bertz CT molecular complexity index is 847. The van der Waals surface area contributed by atoms with Crippen LogP contribution >= 0.6 is 0 Å². The first kappa shape index (κ1) is 19.6. The molecule has 6 nitrogen and oxygen atoms in total. The van der Waals surface area contributed by atoms with Gasteiger partial charge in [-0.15, -0.1) is 0 Å². The summed E-state index contributed by atoms with van der Waals surface area (Å²) in [6.07, 6.45) is 5.59. The van der Waals surface area contributed by atoms with Crippen LogP contribution in [0.1, 0.15) is 40.5 Å². The zero-order valence-electron chi connectivity index (χ0n) is 15.5. The lowest BCUT2D eigenvalue weighted by atomic mass is 10.2. The summed E-state index contributed by atoms with van der Waals surface area (Å²) in [7, 11) is 0. The number of carbonyl (C=O) groups excluding carboxylic acids is 1. The molecule has 2 aromatic rings. The van der Waals surface area contributed by atoms with E-state index in [-0.39, 0.29) is 17.6 Å². The third kappa shape index (κ3) is 4.88. The van der Waals surface area contributed by atoms with Crippen LogP contribution in [0.15, 0.2) is 39.6 Å². The number of ether oxygens (including phenoxy) is 3. The van der Waals surface area contributed by atoms with E-state index in [9.17, 15) is 9.59 Å². The highest BCUT2D eigenvalue weighted by Crippen LogP contribution is 2.39. The summed E-state index contributed by atoms with van der Waals surface area (Å²) in [6.45, 7) is 7.37. The maximum atomic E-state index is 12.2. The largest absolute Gasteiger partial charge is 0.492 e. The fraction of sp³-hybridized carbons (Fsp3) is 0.400. The van der Waals surface area contributed by atoms with E-state index in [1.807, 2.05) is 19.9 Å². The second-order valence-corrected chi connectivity index (χ2v) is 5.95. The molecule has 0 atom stereocenters. The number of hydrogen-bond acceptors (Lipinski definition) is 6. The molecular formula is C20H24O6. The Hall–Kier alpha value is -2.76. The van der Waals surface area contributed by atoms with E-state index >= 15 is 0 Å². The molecule has 0 N–H and O–H groups in total. The summed E-state index contributed by atoms with van der Waals surface area (Å²) in [6, 6.07) is 5.13. The van der Waals surface area contributed by atoms with Crippen molar-refractivity contribution in [1.82, 2.24) is 0 Å². The number of rotatable bonds is 8. The third-order valence-electron chi connectivity index (χ3n) is 3.35. The van der Waals surface area contributed by atoms with Crippen LogP contribution in [0.3, 0.4) is 0 Å². The van der Waals surface area contributed by atoms with Crippen LogP contribution in [0.2, 0.25) is 0 Å². The van der Waals surface area contributed by atoms with E-state index in [1.165, 1.54) is 6.92 Å². The van der Waals surface area contributed by atoms with Crippen LogP contribution in [-0.2, 0) is 4.79 Å². The fourth-order valence-electron chi connectivity index (χ4n) is 2.39. The minimum absolute atomic E-state index is 0.154. The summed E-state index contributed by atoms with van der Waals surface area (Å²) < 4.78 is 22.0. The van der Waals surface area contributed by atoms with Gasteiger partial charge in [-0.05, 0) is 38.8 Å².